The Bertz CT molecular complexity index is 1340. The van der Waals surface area contributed by atoms with Gasteiger partial charge in [0, 0.05) is 11.3 Å². The molecular weight excluding hydrogens is 522 g/mol. The van der Waals surface area contributed by atoms with Gasteiger partial charge in [0.25, 0.3) is 11.7 Å². The van der Waals surface area contributed by atoms with E-state index in [4.69, 9.17) is 9.47 Å². The molecule has 1 N–H and O–H groups in total. The largest absolute Gasteiger partial charge is 0.507 e. The number of aliphatic hydroxyl groups is 1. The highest BCUT2D eigenvalue weighted by molar-refractivity contribution is 9.10. The van der Waals surface area contributed by atoms with Gasteiger partial charge in [-0.25, -0.2) is 0 Å². The molecule has 7 heteroatoms. The number of carbonyl (C=O) groups excluding carboxylic acids is 2. The van der Waals surface area contributed by atoms with Crippen molar-refractivity contribution < 1.29 is 24.2 Å². The van der Waals surface area contributed by atoms with Crippen molar-refractivity contribution in [2.24, 2.45) is 0 Å². The minimum atomic E-state index is -0.822. The normalized spacial score (nSPS) is 17.4. The highest BCUT2D eigenvalue weighted by Gasteiger charge is 2.47. The molecule has 1 heterocycles. The number of hydrogen-bond acceptors (Lipinski definition) is 5. The molecule has 1 amide bonds. The van der Waals surface area contributed by atoms with Crippen LogP contribution in [0.5, 0.6) is 11.5 Å². The number of carbonyl (C=O) groups is 2. The van der Waals surface area contributed by atoms with Crippen LogP contribution in [0.1, 0.15) is 43.5 Å². The second-order valence-electron chi connectivity index (χ2n) is 9.59. The van der Waals surface area contributed by atoms with Crippen LogP contribution in [0, 0.1) is 0 Å². The van der Waals surface area contributed by atoms with E-state index in [9.17, 15) is 14.7 Å². The van der Waals surface area contributed by atoms with Gasteiger partial charge in [0.15, 0.2) is 0 Å². The number of ketones is 1. The number of anilines is 1. The molecule has 3 aromatic rings. The fraction of sp³-hybridized carbons (Fsp3) is 0.241. The maximum absolute atomic E-state index is 13.4. The first-order valence-corrected chi connectivity index (χ1v) is 12.3. The van der Waals surface area contributed by atoms with E-state index in [0.29, 0.717) is 32.8 Å². The van der Waals surface area contributed by atoms with Gasteiger partial charge < -0.3 is 14.6 Å². The van der Waals surface area contributed by atoms with Crippen LogP contribution < -0.4 is 14.4 Å². The monoisotopic (exact) mass is 549 g/mol. The Balaban J connectivity index is 1.90. The Hall–Kier alpha value is -3.58. The fourth-order valence-corrected chi connectivity index (χ4v) is 4.83. The summed E-state index contributed by atoms with van der Waals surface area (Å²) in [5.74, 6) is -0.484. The van der Waals surface area contributed by atoms with E-state index in [1.54, 1.807) is 56.7 Å². The number of hydrogen-bond donors (Lipinski definition) is 1. The molecule has 0 saturated carbocycles. The van der Waals surface area contributed by atoms with Crippen LogP contribution in [0.3, 0.4) is 0 Å². The lowest BCUT2D eigenvalue weighted by Crippen LogP contribution is -2.29. The van der Waals surface area contributed by atoms with E-state index in [2.05, 4.69) is 36.7 Å². The molecular formula is C29H28BrNO5. The topological polar surface area (TPSA) is 76.1 Å². The van der Waals surface area contributed by atoms with Crippen LogP contribution in [-0.2, 0) is 15.0 Å². The first-order valence-electron chi connectivity index (χ1n) is 11.5. The van der Waals surface area contributed by atoms with Crippen LogP contribution in [0.15, 0.2) is 76.8 Å². The summed E-state index contributed by atoms with van der Waals surface area (Å²) >= 11 is 3.42. The Kier molecular flexibility index (Phi) is 6.96. The second kappa shape index (κ2) is 9.82. The molecule has 1 aliphatic heterocycles. The maximum atomic E-state index is 13.4. The molecule has 0 spiro atoms. The first kappa shape index (κ1) is 25.5. The summed E-state index contributed by atoms with van der Waals surface area (Å²) in [5, 5.41) is 11.3. The zero-order valence-corrected chi connectivity index (χ0v) is 22.4. The van der Waals surface area contributed by atoms with Gasteiger partial charge in [-0.3, -0.25) is 14.5 Å². The first-order chi connectivity index (χ1) is 17.1. The quantitative estimate of drug-likeness (QED) is 0.226. The van der Waals surface area contributed by atoms with E-state index >= 15 is 0 Å². The number of rotatable bonds is 5. The molecule has 0 bridgehead atoms. The summed E-state index contributed by atoms with van der Waals surface area (Å²) in [6, 6.07) is 18.9. The SMILES string of the molecule is COc1ccc(C2/C(=C(/O)c3ccc(OC)c(Br)c3)C(=O)C(=O)N2c2ccc(C(C)(C)C)cc2)cc1. The maximum Gasteiger partial charge on any atom is 0.300 e. The van der Waals surface area contributed by atoms with Crippen molar-refractivity contribution in [1.29, 1.82) is 0 Å². The van der Waals surface area contributed by atoms with Crippen molar-refractivity contribution in [2.75, 3.05) is 19.1 Å². The second-order valence-corrected chi connectivity index (χ2v) is 10.4. The number of ether oxygens (including phenoxy) is 2. The van der Waals surface area contributed by atoms with E-state index in [0.717, 1.165) is 5.56 Å². The number of halogens is 1. The van der Waals surface area contributed by atoms with Crippen LogP contribution in [0.2, 0.25) is 0 Å². The molecule has 1 atom stereocenters. The molecule has 4 rings (SSSR count). The predicted octanol–water partition coefficient (Wildman–Crippen LogP) is 6.39. The number of aliphatic hydroxyl groups excluding tert-OH is 1. The third-order valence-electron chi connectivity index (χ3n) is 6.31. The van der Waals surface area contributed by atoms with Crippen molar-refractivity contribution in [3.05, 3.63) is 93.5 Å². The van der Waals surface area contributed by atoms with Crippen LogP contribution >= 0.6 is 15.9 Å². The lowest BCUT2D eigenvalue weighted by atomic mass is 9.87. The minimum absolute atomic E-state index is 0.0159. The zero-order chi connectivity index (χ0) is 26.2. The van der Waals surface area contributed by atoms with Crippen molar-refractivity contribution in [3.63, 3.8) is 0 Å². The Morgan fingerprint density at radius 2 is 1.56 bits per heavy atom. The van der Waals surface area contributed by atoms with Crippen LogP contribution in [0.25, 0.3) is 5.76 Å². The number of nitrogens with zero attached hydrogens (tertiary/aromatic N) is 1. The molecule has 0 radical (unpaired) electrons. The molecule has 1 unspecified atom stereocenters. The lowest BCUT2D eigenvalue weighted by molar-refractivity contribution is -0.132. The zero-order valence-electron chi connectivity index (χ0n) is 20.8. The van der Waals surface area contributed by atoms with Gasteiger partial charge in [-0.1, -0.05) is 45.0 Å². The number of methoxy groups -OCH3 is 2. The number of benzene rings is 3. The van der Waals surface area contributed by atoms with Gasteiger partial charge in [0.1, 0.15) is 17.3 Å². The van der Waals surface area contributed by atoms with Gasteiger partial charge >= 0.3 is 0 Å². The molecule has 36 heavy (non-hydrogen) atoms. The van der Waals surface area contributed by atoms with Crippen molar-refractivity contribution in [2.45, 2.75) is 32.2 Å². The third-order valence-corrected chi connectivity index (χ3v) is 6.93. The average Bonchev–Trinajstić information content (AvgIpc) is 3.13. The lowest BCUT2D eigenvalue weighted by Gasteiger charge is -2.27. The standard InChI is InChI=1S/C29H28BrNO5/c1-29(2,3)19-9-11-20(12-10-19)31-25(17-6-13-21(35-4)14-7-17)24(27(33)28(31)34)26(32)18-8-15-23(36-5)22(30)16-18/h6-16,25,32H,1-5H3/b26-24-. The van der Waals surface area contributed by atoms with Gasteiger partial charge in [-0.05, 0) is 74.9 Å². The molecule has 0 aromatic heterocycles. The highest BCUT2D eigenvalue weighted by Crippen LogP contribution is 2.43. The summed E-state index contributed by atoms with van der Waals surface area (Å²) in [4.78, 5) is 28.2. The van der Waals surface area contributed by atoms with E-state index in [1.807, 2.05) is 24.3 Å². The summed E-state index contributed by atoms with van der Waals surface area (Å²) in [7, 11) is 3.11. The van der Waals surface area contributed by atoms with Gasteiger partial charge in [0.2, 0.25) is 0 Å². The van der Waals surface area contributed by atoms with Gasteiger partial charge in [0.05, 0.1) is 30.3 Å². The van der Waals surface area contributed by atoms with Crippen molar-refractivity contribution in [3.8, 4) is 11.5 Å². The Labute approximate surface area is 219 Å². The molecule has 3 aromatic carbocycles. The molecule has 1 saturated heterocycles. The van der Waals surface area contributed by atoms with Crippen LogP contribution in [0.4, 0.5) is 5.69 Å². The number of Topliss-reactive ketones (excluding diaryl/α,β-unsaturated/α-hetero) is 1. The Morgan fingerprint density at radius 3 is 2.08 bits per heavy atom. The van der Waals surface area contributed by atoms with E-state index in [-0.39, 0.29) is 16.7 Å². The van der Waals surface area contributed by atoms with Crippen molar-refractivity contribution >= 4 is 39.1 Å². The summed E-state index contributed by atoms with van der Waals surface area (Å²) in [5.41, 5.74) is 2.69. The average molecular weight is 550 g/mol. The van der Waals surface area contributed by atoms with Crippen molar-refractivity contribution in [1.82, 2.24) is 0 Å². The summed E-state index contributed by atoms with van der Waals surface area (Å²) in [6.45, 7) is 6.33. The summed E-state index contributed by atoms with van der Waals surface area (Å²) < 4.78 is 11.2. The van der Waals surface area contributed by atoms with E-state index in [1.165, 1.54) is 4.90 Å². The van der Waals surface area contributed by atoms with Crippen LogP contribution in [-0.4, -0.2) is 31.0 Å². The minimum Gasteiger partial charge on any atom is -0.507 e. The van der Waals surface area contributed by atoms with E-state index < -0.39 is 17.7 Å². The molecule has 186 valence electrons. The van der Waals surface area contributed by atoms with Gasteiger partial charge in [-0.15, -0.1) is 0 Å². The number of amides is 1. The predicted molar refractivity (Wildman–Crippen MR) is 144 cm³/mol. The molecule has 1 fully saturated rings. The molecule has 0 aliphatic carbocycles. The highest BCUT2D eigenvalue weighted by atomic mass is 79.9. The smallest absolute Gasteiger partial charge is 0.300 e. The summed E-state index contributed by atoms with van der Waals surface area (Å²) in [6.07, 6.45) is 0. The fourth-order valence-electron chi connectivity index (χ4n) is 4.29. The molecule has 6 nitrogen and oxygen atoms in total. The third kappa shape index (κ3) is 4.63. The molecule has 1 aliphatic rings. The Morgan fingerprint density at radius 1 is 0.917 bits per heavy atom. The van der Waals surface area contributed by atoms with Gasteiger partial charge in [-0.2, -0.15) is 0 Å².